The van der Waals surface area contributed by atoms with Crippen LogP contribution < -0.4 is 0 Å². The number of rotatable bonds is 5. The monoisotopic (exact) mass is 452 g/mol. The molecule has 2 nitrogen and oxygen atoms in total. The summed E-state index contributed by atoms with van der Waals surface area (Å²) in [6.45, 7) is 7.15. The van der Waals surface area contributed by atoms with Crippen molar-refractivity contribution in [2.45, 2.75) is 49.8 Å². The zero-order valence-corrected chi connectivity index (χ0v) is 15.7. The van der Waals surface area contributed by atoms with Crippen LogP contribution in [0.1, 0.15) is 32.6 Å². The van der Waals surface area contributed by atoms with E-state index in [-0.39, 0.29) is 17.2 Å². The van der Waals surface area contributed by atoms with Crippen LogP contribution in [0.5, 0.6) is 0 Å². The fraction of sp³-hybridized carbons (Fsp3) is 0.625. The molecule has 0 saturated carbocycles. The quantitative estimate of drug-likeness (QED) is 0.435. The summed E-state index contributed by atoms with van der Waals surface area (Å²) in [5, 5.41) is 0. The number of hydrogen-bond acceptors (Lipinski definition) is 2. The maximum Gasteiger partial charge on any atom is 0.157 e. The molecule has 0 aromatic heterocycles. The van der Waals surface area contributed by atoms with Gasteiger partial charge in [0.2, 0.25) is 0 Å². The van der Waals surface area contributed by atoms with Crippen molar-refractivity contribution in [2.24, 2.45) is 0 Å². The van der Waals surface area contributed by atoms with Crippen LogP contribution in [0.4, 0.5) is 0 Å². The van der Waals surface area contributed by atoms with E-state index in [1.165, 1.54) is 23.1 Å². The van der Waals surface area contributed by atoms with E-state index in [4.69, 9.17) is 9.47 Å². The Labute approximate surface area is 143 Å². The second-order valence-corrected chi connectivity index (χ2v) is 7.08. The third-order valence-electron chi connectivity index (χ3n) is 3.73. The van der Waals surface area contributed by atoms with E-state index in [0.717, 1.165) is 30.3 Å². The third kappa shape index (κ3) is 4.42. The number of alkyl halides is 2. The van der Waals surface area contributed by atoms with Gasteiger partial charge in [-0.05, 0) is 49.3 Å². The van der Waals surface area contributed by atoms with Gasteiger partial charge in [-0.1, -0.05) is 57.3 Å². The summed E-state index contributed by atoms with van der Waals surface area (Å²) in [5.41, 5.74) is 3.84. The summed E-state index contributed by atoms with van der Waals surface area (Å²) in [7, 11) is 0. The van der Waals surface area contributed by atoms with Crippen LogP contribution in [0.2, 0.25) is 0 Å². The van der Waals surface area contributed by atoms with Crippen molar-refractivity contribution in [1.29, 1.82) is 0 Å². The Kier molecular flexibility index (Phi) is 6.78. The minimum absolute atomic E-state index is 0.0135. The van der Waals surface area contributed by atoms with E-state index in [2.05, 4.69) is 64.2 Å². The van der Waals surface area contributed by atoms with Gasteiger partial charge in [0.15, 0.2) is 6.29 Å². The maximum atomic E-state index is 6.00. The number of ether oxygens (including phenoxy) is 2. The molecule has 3 atom stereocenters. The van der Waals surface area contributed by atoms with E-state index >= 15 is 0 Å². The van der Waals surface area contributed by atoms with E-state index in [1.54, 1.807) is 0 Å². The Morgan fingerprint density at radius 3 is 2.95 bits per heavy atom. The van der Waals surface area contributed by atoms with Gasteiger partial charge in [-0.2, -0.15) is 0 Å². The van der Waals surface area contributed by atoms with Crippen molar-refractivity contribution in [3.8, 4) is 0 Å². The molecule has 0 bridgehead atoms. The summed E-state index contributed by atoms with van der Waals surface area (Å²) in [4.78, 5) is 0.246. The van der Waals surface area contributed by atoms with E-state index in [0.29, 0.717) is 0 Å². The Hall–Kier alpha value is 0.350. The van der Waals surface area contributed by atoms with Crippen LogP contribution in [0, 0.1) is 0 Å². The highest BCUT2D eigenvalue weighted by Crippen LogP contribution is 2.33. The summed E-state index contributed by atoms with van der Waals surface area (Å²) < 4.78 is 12.6. The first-order valence-electron chi connectivity index (χ1n) is 7.17. The van der Waals surface area contributed by atoms with Gasteiger partial charge in [-0.3, -0.25) is 0 Å². The van der Waals surface area contributed by atoms with Crippen LogP contribution in [0.15, 0.2) is 35.5 Å². The summed E-state index contributed by atoms with van der Waals surface area (Å²) >= 11 is 6.14. The smallest absolute Gasteiger partial charge is 0.157 e. The van der Waals surface area contributed by atoms with E-state index < -0.39 is 0 Å². The molecular weight excluding hydrogens is 431 g/mol. The lowest BCUT2D eigenvalue weighted by molar-refractivity contribution is -0.183. The van der Waals surface area contributed by atoms with Crippen molar-refractivity contribution < 1.29 is 9.47 Å². The molecule has 3 unspecified atom stereocenters. The van der Waals surface area contributed by atoms with Gasteiger partial charge in [0.25, 0.3) is 0 Å². The Morgan fingerprint density at radius 2 is 2.30 bits per heavy atom. The molecule has 1 aliphatic carbocycles. The second kappa shape index (κ2) is 8.11. The molecule has 112 valence electrons. The highest BCUT2D eigenvalue weighted by molar-refractivity contribution is 14.1. The molecule has 0 N–H and O–H groups in total. The van der Waals surface area contributed by atoms with Crippen LogP contribution in [0.3, 0.4) is 0 Å². The average molecular weight is 453 g/mol. The Morgan fingerprint density at radius 1 is 1.50 bits per heavy atom. The molecule has 0 aromatic rings. The lowest BCUT2D eigenvalue weighted by Crippen LogP contribution is -2.27. The lowest BCUT2D eigenvalue weighted by Gasteiger charge is -2.28. The van der Waals surface area contributed by atoms with E-state index in [1.807, 2.05) is 0 Å². The highest BCUT2D eigenvalue weighted by Gasteiger charge is 2.23. The molecule has 0 amide bonds. The Bertz CT molecular complexity index is 411. The molecule has 1 saturated heterocycles. The molecule has 1 aliphatic heterocycles. The van der Waals surface area contributed by atoms with Gasteiger partial charge in [-0.15, -0.1) is 0 Å². The maximum absolute atomic E-state index is 6.00. The van der Waals surface area contributed by atoms with Gasteiger partial charge < -0.3 is 9.47 Å². The van der Waals surface area contributed by atoms with Gasteiger partial charge in [0.05, 0.1) is 10.9 Å². The van der Waals surface area contributed by atoms with Crippen molar-refractivity contribution in [3.63, 3.8) is 0 Å². The fourth-order valence-electron chi connectivity index (χ4n) is 2.55. The van der Waals surface area contributed by atoms with Crippen LogP contribution in [-0.2, 0) is 9.47 Å². The first-order chi connectivity index (χ1) is 9.61. The van der Waals surface area contributed by atoms with Crippen molar-refractivity contribution in [2.75, 3.05) is 11.0 Å². The first-order valence-corrected chi connectivity index (χ1v) is 9.62. The van der Waals surface area contributed by atoms with Crippen LogP contribution in [0.25, 0.3) is 0 Å². The second-order valence-electron chi connectivity index (χ2n) is 5.40. The van der Waals surface area contributed by atoms with Gasteiger partial charge in [0.1, 0.15) is 0 Å². The van der Waals surface area contributed by atoms with Gasteiger partial charge >= 0.3 is 0 Å². The zero-order chi connectivity index (χ0) is 14.5. The predicted octanol–water partition coefficient (Wildman–Crippen LogP) is 4.93. The number of halogens is 2. The van der Waals surface area contributed by atoms with E-state index in [9.17, 15) is 0 Å². The van der Waals surface area contributed by atoms with Crippen molar-refractivity contribution in [1.82, 2.24) is 0 Å². The lowest BCUT2D eigenvalue weighted by atomic mass is 9.92. The van der Waals surface area contributed by atoms with Crippen LogP contribution >= 0.6 is 38.5 Å². The number of hydrogen-bond donors (Lipinski definition) is 0. The SMILES string of the molecule is C=C1C(CI)=CC=C(CC(C)OC2CCCCO2)C1Br. The topological polar surface area (TPSA) is 18.5 Å². The standard InChI is InChI=1S/C16H22BrIO2/c1-11(20-15-5-3-4-8-19-15)9-13-6-7-14(10-18)12(2)16(13)17/h6-7,11,15-16H,2-5,8-10H2,1H3. The predicted molar refractivity (Wildman–Crippen MR) is 95.7 cm³/mol. The zero-order valence-electron chi connectivity index (χ0n) is 11.9. The minimum Gasteiger partial charge on any atom is -0.353 e. The molecule has 0 radical (unpaired) electrons. The summed E-state index contributed by atoms with van der Waals surface area (Å²) in [5.74, 6) is 0. The molecule has 1 heterocycles. The fourth-order valence-corrected chi connectivity index (χ4v) is 3.92. The molecule has 20 heavy (non-hydrogen) atoms. The molecule has 2 rings (SSSR count). The highest BCUT2D eigenvalue weighted by atomic mass is 127. The molecule has 4 heteroatoms. The van der Waals surface area contributed by atoms with Crippen molar-refractivity contribution in [3.05, 3.63) is 35.5 Å². The molecule has 0 spiro atoms. The van der Waals surface area contributed by atoms with Gasteiger partial charge in [-0.25, -0.2) is 0 Å². The normalized spacial score (nSPS) is 28.9. The largest absolute Gasteiger partial charge is 0.353 e. The average Bonchev–Trinajstić information content (AvgIpc) is 2.45. The Balaban J connectivity index is 1.90. The van der Waals surface area contributed by atoms with Crippen molar-refractivity contribution >= 4 is 38.5 Å². The molecule has 1 fully saturated rings. The summed E-state index contributed by atoms with van der Waals surface area (Å²) in [6.07, 6.45) is 8.86. The summed E-state index contributed by atoms with van der Waals surface area (Å²) in [6, 6.07) is 0. The number of allylic oxidation sites excluding steroid dienone is 4. The molecule has 2 aliphatic rings. The third-order valence-corrected chi connectivity index (χ3v) is 5.69. The molecule has 0 aromatic carbocycles. The first kappa shape index (κ1) is 16.7. The molecular formula is C16H22BrIO2. The van der Waals surface area contributed by atoms with Gasteiger partial charge in [0, 0.05) is 11.0 Å². The minimum atomic E-state index is -0.0135. The van der Waals surface area contributed by atoms with Crippen LogP contribution in [-0.4, -0.2) is 28.3 Å².